The van der Waals surface area contributed by atoms with Gasteiger partial charge in [0.15, 0.2) is 0 Å². The van der Waals surface area contributed by atoms with E-state index in [9.17, 15) is 4.79 Å². The average molecular weight is 372 g/mol. The second-order valence-corrected chi connectivity index (χ2v) is 7.35. The highest BCUT2D eigenvalue weighted by Crippen LogP contribution is 2.25. The molecule has 142 valence electrons. The molecular weight excluding hydrogens is 348 g/mol. The first kappa shape index (κ1) is 18.4. The lowest BCUT2D eigenvalue weighted by Gasteiger charge is -2.20. The van der Waals surface area contributed by atoms with Crippen LogP contribution in [0.2, 0.25) is 0 Å². The van der Waals surface area contributed by atoms with Crippen molar-refractivity contribution in [2.75, 3.05) is 13.2 Å². The number of carbonyl (C=O) groups is 1. The van der Waals surface area contributed by atoms with Crippen LogP contribution in [0.25, 0.3) is 11.1 Å². The van der Waals surface area contributed by atoms with Crippen molar-refractivity contribution >= 4 is 5.91 Å². The van der Waals surface area contributed by atoms with E-state index in [1.54, 1.807) is 12.4 Å². The maximum Gasteiger partial charge on any atom is 0.252 e. The third kappa shape index (κ3) is 4.12. The van der Waals surface area contributed by atoms with Crippen LogP contribution in [0.3, 0.4) is 0 Å². The Kier molecular flexibility index (Phi) is 5.49. The number of hydrogen-bond acceptors (Lipinski definition) is 3. The number of pyridine rings is 1. The average Bonchev–Trinajstić information content (AvgIpc) is 3.15. The van der Waals surface area contributed by atoms with E-state index < -0.39 is 0 Å². The molecule has 3 aromatic rings. The molecule has 4 heteroatoms. The third-order valence-corrected chi connectivity index (χ3v) is 5.26. The second kappa shape index (κ2) is 8.36. The van der Waals surface area contributed by atoms with Gasteiger partial charge in [0.1, 0.15) is 0 Å². The van der Waals surface area contributed by atoms with E-state index >= 15 is 0 Å². The maximum atomic E-state index is 13.1. The quantitative estimate of drug-likeness (QED) is 0.735. The van der Waals surface area contributed by atoms with Crippen molar-refractivity contribution in [3.05, 3.63) is 89.7 Å². The van der Waals surface area contributed by atoms with Crippen molar-refractivity contribution in [1.29, 1.82) is 0 Å². The first-order chi connectivity index (χ1) is 13.7. The van der Waals surface area contributed by atoms with E-state index in [0.717, 1.165) is 17.5 Å². The van der Waals surface area contributed by atoms with E-state index in [-0.39, 0.29) is 17.9 Å². The second-order valence-electron chi connectivity index (χ2n) is 7.35. The highest BCUT2D eigenvalue weighted by molar-refractivity contribution is 6.01. The van der Waals surface area contributed by atoms with Gasteiger partial charge in [0.05, 0.1) is 19.3 Å². The summed E-state index contributed by atoms with van der Waals surface area (Å²) in [7, 11) is 0. The minimum absolute atomic E-state index is 0.00577. The monoisotopic (exact) mass is 372 g/mol. The van der Waals surface area contributed by atoms with Crippen LogP contribution in [-0.2, 0) is 11.2 Å². The number of aromatic nitrogens is 1. The van der Waals surface area contributed by atoms with E-state index in [2.05, 4.69) is 29.4 Å². The molecule has 2 heterocycles. The van der Waals surface area contributed by atoms with Crippen LogP contribution in [0.4, 0.5) is 0 Å². The molecule has 0 unspecified atom stereocenters. The number of nitrogens with zero attached hydrogens (tertiary/aromatic N) is 1. The zero-order valence-corrected chi connectivity index (χ0v) is 16.0. The number of aryl methyl sites for hydroxylation is 1. The molecule has 1 saturated heterocycles. The fourth-order valence-corrected chi connectivity index (χ4v) is 3.77. The lowest BCUT2D eigenvalue weighted by molar-refractivity contribution is 0.0925. The zero-order chi connectivity index (χ0) is 19.3. The summed E-state index contributed by atoms with van der Waals surface area (Å²) in [5.74, 6) is 0.213. The van der Waals surface area contributed by atoms with Gasteiger partial charge in [-0.05, 0) is 48.2 Å². The summed E-state index contributed by atoms with van der Waals surface area (Å²) in [5.41, 5.74) is 5.09. The molecule has 1 N–H and O–H groups in total. The highest BCUT2D eigenvalue weighted by atomic mass is 16.5. The largest absolute Gasteiger partial charge is 0.379 e. The summed E-state index contributed by atoms with van der Waals surface area (Å²) < 4.78 is 5.68. The molecule has 1 fully saturated rings. The maximum absolute atomic E-state index is 13.1. The highest BCUT2D eigenvalue weighted by Gasteiger charge is 2.30. The smallest absolute Gasteiger partial charge is 0.252 e. The number of nitrogens with one attached hydrogen (secondary N) is 1. The Morgan fingerprint density at radius 3 is 2.71 bits per heavy atom. The molecule has 1 aliphatic heterocycles. The van der Waals surface area contributed by atoms with Gasteiger partial charge in [-0.2, -0.15) is 0 Å². The number of hydrogen-bond donors (Lipinski definition) is 1. The van der Waals surface area contributed by atoms with Crippen molar-refractivity contribution in [2.45, 2.75) is 19.4 Å². The van der Waals surface area contributed by atoms with Crippen LogP contribution in [0, 0.1) is 12.8 Å². The number of ether oxygens (including phenoxy) is 1. The van der Waals surface area contributed by atoms with Crippen molar-refractivity contribution in [3.8, 4) is 11.1 Å². The summed E-state index contributed by atoms with van der Waals surface area (Å²) in [6, 6.07) is 20.1. The SMILES string of the molecule is Cc1cccc(-c2ccccc2C(=O)N[C@@H]2COC[C@H]2Cc2ccncc2)c1. The summed E-state index contributed by atoms with van der Waals surface area (Å²) in [6.07, 6.45) is 4.47. The Morgan fingerprint density at radius 2 is 1.89 bits per heavy atom. The van der Waals surface area contributed by atoms with Crippen molar-refractivity contribution in [2.24, 2.45) is 5.92 Å². The predicted octanol–water partition coefficient (Wildman–Crippen LogP) is 4.04. The van der Waals surface area contributed by atoms with E-state index in [1.807, 2.05) is 48.5 Å². The molecule has 0 spiro atoms. The summed E-state index contributed by atoms with van der Waals surface area (Å²) in [5, 5.41) is 3.21. The molecule has 2 aromatic carbocycles. The molecule has 4 rings (SSSR count). The van der Waals surface area contributed by atoms with Crippen molar-refractivity contribution in [1.82, 2.24) is 10.3 Å². The van der Waals surface area contributed by atoms with Crippen molar-refractivity contribution < 1.29 is 9.53 Å². The normalized spacial score (nSPS) is 18.8. The Bertz CT molecular complexity index is 956. The number of amides is 1. The number of carbonyl (C=O) groups excluding carboxylic acids is 1. The fraction of sp³-hybridized carbons (Fsp3) is 0.250. The number of rotatable bonds is 5. The Hall–Kier alpha value is -2.98. The molecule has 1 aromatic heterocycles. The molecule has 0 aliphatic carbocycles. The Balaban J connectivity index is 1.52. The standard InChI is InChI=1S/C24H24N2O2/c1-17-5-4-6-19(13-17)21-7-2-3-8-22(21)24(27)26-23-16-28-15-20(23)14-18-9-11-25-12-10-18/h2-13,20,23H,14-16H2,1H3,(H,26,27)/t20-,23-/m1/s1. The van der Waals surface area contributed by atoms with Crippen LogP contribution < -0.4 is 5.32 Å². The van der Waals surface area contributed by atoms with Crippen LogP contribution in [0.5, 0.6) is 0 Å². The van der Waals surface area contributed by atoms with E-state index in [4.69, 9.17) is 4.74 Å². The van der Waals surface area contributed by atoms with E-state index in [1.165, 1.54) is 11.1 Å². The lowest BCUT2D eigenvalue weighted by atomic mass is 9.94. The van der Waals surface area contributed by atoms with Crippen LogP contribution in [0.1, 0.15) is 21.5 Å². The minimum Gasteiger partial charge on any atom is -0.379 e. The van der Waals surface area contributed by atoms with Gasteiger partial charge in [0.2, 0.25) is 0 Å². The molecule has 2 atom stereocenters. The zero-order valence-electron chi connectivity index (χ0n) is 16.0. The molecule has 0 bridgehead atoms. The summed E-state index contributed by atoms with van der Waals surface area (Å²) in [4.78, 5) is 17.2. The number of benzene rings is 2. The van der Waals surface area contributed by atoms with Gasteiger partial charge in [0, 0.05) is 23.9 Å². The fourth-order valence-electron chi connectivity index (χ4n) is 3.77. The lowest BCUT2D eigenvalue weighted by Crippen LogP contribution is -2.40. The topological polar surface area (TPSA) is 51.2 Å². The predicted molar refractivity (Wildman–Crippen MR) is 110 cm³/mol. The molecule has 4 nitrogen and oxygen atoms in total. The van der Waals surface area contributed by atoms with Gasteiger partial charge >= 0.3 is 0 Å². The van der Waals surface area contributed by atoms with E-state index in [0.29, 0.717) is 18.8 Å². The molecule has 0 saturated carbocycles. The van der Waals surface area contributed by atoms with Crippen molar-refractivity contribution in [3.63, 3.8) is 0 Å². The third-order valence-electron chi connectivity index (χ3n) is 5.26. The van der Waals surface area contributed by atoms with Crippen LogP contribution >= 0.6 is 0 Å². The van der Waals surface area contributed by atoms with Gasteiger partial charge in [0.25, 0.3) is 5.91 Å². The van der Waals surface area contributed by atoms with Gasteiger partial charge in [-0.15, -0.1) is 0 Å². The first-order valence-corrected chi connectivity index (χ1v) is 9.64. The first-order valence-electron chi connectivity index (χ1n) is 9.64. The van der Waals surface area contributed by atoms with Gasteiger partial charge < -0.3 is 10.1 Å². The molecule has 1 amide bonds. The molecule has 0 radical (unpaired) electrons. The summed E-state index contributed by atoms with van der Waals surface area (Å²) >= 11 is 0. The molecule has 28 heavy (non-hydrogen) atoms. The van der Waals surface area contributed by atoms with Gasteiger partial charge in [-0.1, -0.05) is 48.0 Å². The van der Waals surface area contributed by atoms with Crippen LogP contribution in [0.15, 0.2) is 73.1 Å². The Morgan fingerprint density at radius 1 is 1.07 bits per heavy atom. The van der Waals surface area contributed by atoms with Crippen LogP contribution in [-0.4, -0.2) is 30.1 Å². The summed E-state index contributed by atoms with van der Waals surface area (Å²) in [6.45, 7) is 3.27. The Labute approximate surface area is 165 Å². The molecule has 1 aliphatic rings. The van der Waals surface area contributed by atoms with Gasteiger partial charge in [-0.25, -0.2) is 0 Å². The minimum atomic E-state index is -0.0488. The molecular formula is C24H24N2O2. The van der Waals surface area contributed by atoms with Gasteiger partial charge in [-0.3, -0.25) is 9.78 Å².